The molecule has 0 saturated heterocycles. The monoisotopic (exact) mass is 287 g/mol. The molecule has 3 aromatic carbocycles. The van der Waals surface area contributed by atoms with E-state index in [0.29, 0.717) is 5.75 Å². The predicted octanol–water partition coefficient (Wildman–Crippen LogP) is 4.70. The molecule has 2 nitrogen and oxygen atoms in total. The van der Waals surface area contributed by atoms with Gasteiger partial charge in [-0.1, -0.05) is 55.1 Å². The summed E-state index contributed by atoms with van der Waals surface area (Å²) >= 11 is 0. The zero-order valence-electron chi connectivity index (χ0n) is 12.2. The Kier molecular flexibility index (Phi) is 3.67. The molecule has 0 spiro atoms. The lowest BCUT2D eigenvalue weighted by molar-refractivity contribution is 0.475. The van der Waals surface area contributed by atoms with Crippen LogP contribution in [0.1, 0.15) is 11.1 Å². The van der Waals surface area contributed by atoms with Crippen molar-refractivity contribution in [3.8, 4) is 16.9 Å². The molecule has 0 amide bonds. The number of phenolic OH excluding ortho intramolecular Hbond substituents is 1. The summed E-state index contributed by atoms with van der Waals surface area (Å²) in [6.45, 7) is 4.12. The van der Waals surface area contributed by atoms with Crippen LogP contribution in [-0.4, -0.2) is 5.11 Å². The molecule has 22 heavy (non-hydrogen) atoms. The number of anilines is 1. The highest BCUT2D eigenvalue weighted by atomic mass is 16.3. The zero-order chi connectivity index (χ0) is 15.5. The van der Waals surface area contributed by atoms with Crippen molar-refractivity contribution < 1.29 is 5.11 Å². The maximum absolute atomic E-state index is 8.63. The topological polar surface area (TPSA) is 46.2 Å². The molecular weight excluding hydrogens is 270 g/mol. The van der Waals surface area contributed by atoms with Crippen LogP contribution in [0.25, 0.3) is 16.7 Å². The fourth-order valence-electron chi connectivity index (χ4n) is 2.60. The van der Waals surface area contributed by atoms with Crippen molar-refractivity contribution in [2.24, 2.45) is 0 Å². The Morgan fingerprint density at radius 3 is 1.91 bits per heavy atom. The van der Waals surface area contributed by atoms with E-state index < -0.39 is 0 Å². The Morgan fingerprint density at radius 2 is 1.27 bits per heavy atom. The fraction of sp³-hybridized carbons (Fsp3) is 0. The van der Waals surface area contributed by atoms with Crippen molar-refractivity contribution in [3.63, 3.8) is 0 Å². The Labute approximate surface area is 130 Å². The summed E-state index contributed by atoms with van der Waals surface area (Å²) < 4.78 is 0. The summed E-state index contributed by atoms with van der Waals surface area (Å²) in [6, 6.07) is 23.0. The van der Waals surface area contributed by atoms with Crippen molar-refractivity contribution in [2.75, 3.05) is 5.73 Å². The molecule has 1 aliphatic carbocycles. The Balaban J connectivity index is 0.000000174. The molecule has 0 atom stereocenters. The van der Waals surface area contributed by atoms with Gasteiger partial charge in [0.1, 0.15) is 5.75 Å². The highest BCUT2D eigenvalue weighted by Crippen LogP contribution is 2.43. The SMILES string of the molecule is C=C1c2ccccc2-c2ccc(N)cc21.Oc1ccccc1. The first-order valence-electron chi connectivity index (χ1n) is 7.09. The number of rotatable bonds is 0. The van der Waals surface area contributed by atoms with Gasteiger partial charge in [0.25, 0.3) is 0 Å². The van der Waals surface area contributed by atoms with Crippen LogP contribution < -0.4 is 5.73 Å². The maximum atomic E-state index is 8.63. The van der Waals surface area contributed by atoms with E-state index in [9.17, 15) is 0 Å². The van der Waals surface area contributed by atoms with Gasteiger partial charge in [0.2, 0.25) is 0 Å². The molecule has 0 aliphatic heterocycles. The van der Waals surface area contributed by atoms with Crippen LogP contribution in [0.5, 0.6) is 5.75 Å². The third-order valence-corrected chi connectivity index (χ3v) is 3.67. The molecule has 0 heterocycles. The highest BCUT2D eigenvalue weighted by Gasteiger charge is 2.20. The van der Waals surface area contributed by atoms with Gasteiger partial charge in [-0.3, -0.25) is 0 Å². The molecule has 1 aliphatic rings. The van der Waals surface area contributed by atoms with Gasteiger partial charge in [-0.2, -0.15) is 0 Å². The van der Waals surface area contributed by atoms with E-state index in [2.05, 4.69) is 30.8 Å². The molecule has 108 valence electrons. The second-order valence-corrected chi connectivity index (χ2v) is 5.16. The second-order valence-electron chi connectivity index (χ2n) is 5.16. The molecule has 4 rings (SSSR count). The number of para-hydroxylation sites is 1. The van der Waals surface area contributed by atoms with Crippen LogP contribution in [0.4, 0.5) is 5.69 Å². The molecule has 2 heteroatoms. The molecule has 0 fully saturated rings. The van der Waals surface area contributed by atoms with Crippen molar-refractivity contribution in [3.05, 3.63) is 90.5 Å². The summed E-state index contributed by atoms with van der Waals surface area (Å²) in [7, 11) is 0. The normalized spacial score (nSPS) is 11.2. The number of hydrogen-bond acceptors (Lipinski definition) is 2. The lowest BCUT2D eigenvalue weighted by Gasteiger charge is -2.00. The van der Waals surface area contributed by atoms with Gasteiger partial charge >= 0.3 is 0 Å². The van der Waals surface area contributed by atoms with Gasteiger partial charge in [0, 0.05) is 5.69 Å². The number of benzene rings is 3. The first-order chi connectivity index (χ1) is 10.7. The molecule has 0 aromatic heterocycles. The highest BCUT2D eigenvalue weighted by molar-refractivity contribution is 6.00. The smallest absolute Gasteiger partial charge is 0.115 e. The first kappa shape index (κ1) is 14.0. The minimum atomic E-state index is 0.322. The summed E-state index contributed by atoms with van der Waals surface area (Å²) in [6.07, 6.45) is 0. The second kappa shape index (κ2) is 5.78. The van der Waals surface area contributed by atoms with Gasteiger partial charge in [-0.25, -0.2) is 0 Å². The van der Waals surface area contributed by atoms with Crippen molar-refractivity contribution >= 4 is 11.3 Å². The summed E-state index contributed by atoms with van der Waals surface area (Å²) in [5.41, 5.74) is 12.5. The maximum Gasteiger partial charge on any atom is 0.115 e. The van der Waals surface area contributed by atoms with E-state index in [1.807, 2.05) is 24.3 Å². The van der Waals surface area contributed by atoms with Gasteiger partial charge in [-0.15, -0.1) is 0 Å². The average Bonchev–Trinajstić information content (AvgIpc) is 2.82. The van der Waals surface area contributed by atoms with Crippen LogP contribution in [-0.2, 0) is 0 Å². The third kappa shape index (κ3) is 2.59. The minimum Gasteiger partial charge on any atom is -0.508 e. The van der Waals surface area contributed by atoms with Gasteiger partial charge in [0.05, 0.1) is 0 Å². The van der Waals surface area contributed by atoms with Crippen molar-refractivity contribution in [1.29, 1.82) is 0 Å². The predicted molar refractivity (Wildman–Crippen MR) is 92.5 cm³/mol. The minimum absolute atomic E-state index is 0.322. The first-order valence-corrected chi connectivity index (χ1v) is 7.09. The summed E-state index contributed by atoms with van der Waals surface area (Å²) in [4.78, 5) is 0. The van der Waals surface area contributed by atoms with E-state index in [1.165, 1.54) is 16.7 Å². The molecule has 0 bridgehead atoms. The van der Waals surface area contributed by atoms with Gasteiger partial charge in [0.15, 0.2) is 0 Å². The van der Waals surface area contributed by atoms with E-state index in [0.717, 1.165) is 16.8 Å². The number of nitrogen functional groups attached to an aromatic ring is 1. The van der Waals surface area contributed by atoms with Gasteiger partial charge < -0.3 is 10.8 Å². The van der Waals surface area contributed by atoms with Crippen molar-refractivity contribution in [1.82, 2.24) is 0 Å². The van der Waals surface area contributed by atoms with E-state index in [-0.39, 0.29) is 0 Å². The average molecular weight is 287 g/mol. The number of hydrogen-bond donors (Lipinski definition) is 2. The number of nitrogens with two attached hydrogens (primary N) is 1. The lowest BCUT2D eigenvalue weighted by Crippen LogP contribution is -1.86. The quantitative estimate of drug-likeness (QED) is 0.460. The molecule has 0 saturated carbocycles. The third-order valence-electron chi connectivity index (χ3n) is 3.67. The summed E-state index contributed by atoms with van der Waals surface area (Å²) in [5.74, 6) is 0.322. The molecule has 0 radical (unpaired) electrons. The molecule has 0 unspecified atom stereocenters. The largest absolute Gasteiger partial charge is 0.508 e. The van der Waals surface area contributed by atoms with Crippen LogP contribution in [0, 0.1) is 0 Å². The Morgan fingerprint density at radius 1 is 0.682 bits per heavy atom. The van der Waals surface area contributed by atoms with Crippen molar-refractivity contribution in [2.45, 2.75) is 0 Å². The lowest BCUT2D eigenvalue weighted by atomic mass is 10.1. The molecule has 3 aromatic rings. The summed E-state index contributed by atoms with van der Waals surface area (Å²) in [5, 5.41) is 8.63. The zero-order valence-corrected chi connectivity index (χ0v) is 12.2. The number of fused-ring (bicyclic) bond motifs is 3. The van der Waals surface area contributed by atoms with Gasteiger partial charge in [-0.05, 0) is 52.1 Å². The van der Waals surface area contributed by atoms with Crippen LogP contribution in [0.15, 0.2) is 79.4 Å². The Hall–Kier alpha value is -3.00. The van der Waals surface area contributed by atoms with Crippen LogP contribution in [0.3, 0.4) is 0 Å². The van der Waals surface area contributed by atoms with E-state index in [1.54, 1.807) is 24.3 Å². The Bertz CT molecular complexity index is 822. The standard InChI is InChI=1S/C14H11N.C6H6O/c1-9-11-4-2-3-5-12(11)13-7-6-10(15)8-14(9)13;7-6-4-2-1-3-5-6/h2-8H,1,15H2;1-5,7H. The fourth-order valence-corrected chi connectivity index (χ4v) is 2.60. The molecular formula is C20H17NO. The number of aromatic hydroxyl groups is 1. The van der Waals surface area contributed by atoms with Crippen LogP contribution >= 0.6 is 0 Å². The molecule has 3 N–H and O–H groups in total. The van der Waals surface area contributed by atoms with E-state index in [4.69, 9.17) is 10.8 Å². The number of phenols is 1. The van der Waals surface area contributed by atoms with Crippen LogP contribution in [0.2, 0.25) is 0 Å². The van der Waals surface area contributed by atoms with E-state index >= 15 is 0 Å².